The Hall–Kier alpha value is -0.230. The number of thioether (sulfide) groups is 1. The molecule has 6 heteroatoms. The summed E-state index contributed by atoms with van der Waals surface area (Å²) in [7, 11) is -2.84. The largest absolute Gasteiger partial charge is 0.361 e. The highest BCUT2D eigenvalue weighted by atomic mass is 32.2. The van der Waals surface area contributed by atoms with E-state index in [9.17, 15) is 8.42 Å². The van der Waals surface area contributed by atoms with Crippen LogP contribution in [0.4, 0.5) is 0 Å². The minimum Gasteiger partial charge on any atom is -0.361 e. The van der Waals surface area contributed by atoms with Crippen LogP contribution >= 0.6 is 11.8 Å². The molecule has 1 saturated heterocycles. The maximum Gasteiger partial charge on any atom is 0.156 e. The van der Waals surface area contributed by atoms with Crippen molar-refractivity contribution in [1.82, 2.24) is 5.32 Å². The number of nitrogens with one attached hydrogen (secondary N) is 1. The summed E-state index contributed by atoms with van der Waals surface area (Å²) in [5, 5.41) is 4.32. The van der Waals surface area contributed by atoms with E-state index in [0.29, 0.717) is 24.9 Å². The lowest BCUT2D eigenvalue weighted by atomic mass is 10.1. The zero-order valence-corrected chi connectivity index (χ0v) is 11.7. The maximum atomic E-state index is 10.9. The summed E-state index contributed by atoms with van der Waals surface area (Å²) in [4.78, 5) is 4.36. The summed E-state index contributed by atoms with van der Waals surface area (Å²) in [6.45, 7) is 4.96. The number of sulfone groups is 1. The molecule has 0 bridgehead atoms. The zero-order chi connectivity index (χ0) is 12.2. The number of rotatable bonds is 5. The predicted octanol–water partition coefficient (Wildman–Crippen LogP) is 1.14. The Morgan fingerprint density at radius 1 is 1.56 bits per heavy atom. The standard InChI is InChI=1S/C10H20N2O2S2/c1-8(2)9-7-15-10(12-9)11-5-4-6-16(3,13)14/h8-9H,4-7H2,1-3H3,(H,11,12)/t9-/m1/s1. The Labute approximate surface area is 102 Å². The van der Waals surface area contributed by atoms with Crippen LogP contribution in [0.5, 0.6) is 0 Å². The van der Waals surface area contributed by atoms with Gasteiger partial charge in [-0.15, -0.1) is 0 Å². The topological polar surface area (TPSA) is 58.5 Å². The summed E-state index contributed by atoms with van der Waals surface area (Å²) < 4.78 is 21.8. The molecule has 0 aromatic carbocycles. The third kappa shape index (κ3) is 5.21. The summed E-state index contributed by atoms with van der Waals surface area (Å²) in [5.74, 6) is 1.89. The monoisotopic (exact) mass is 264 g/mol. The highest BCUT2D eigenvalue weighted by Gasteiger charge is 2.22. The Balaban J connectivity index is 2.27. The fourth-order valence-electron chi connectivity index (χ4n) is 1.37. The van der Waals surface area contributed by atoms with Crippen molar-refractivity contribution in [1.29, 1.82) is 0 Å². The van der Waals surface area contributed by atoms with Crippen molar-refractivity contribution in [2.75, 3.05) is 24.3 Å². The lowest BCUT2D eigenvalue weighted by Gasteiger charge is -2.12. The molecule has 1 N–H and O–H groups in total. The zero-order valence-electron chi connectivity index (χ0n) is 10.1. The van der Waals surface area contributed by atoms with Crippen molar-refractivity contribution in [3.05, 3.63) is 0 Å². The average molecular weight is 264 g/mol. The molecule has 0 spiro atoms. The summed E-state index contributed by atoms with van der Waals surface area (Å²) in [5.41, 5.74) is 0. The van der Waals surface area contributed by atoms with Crippen LogP contribution in [0.1, 0.15) is 20.3 Å². The molecule has 0 radical (unpaired) electrons. The quantitative estimate of drug-likeness (QED) is 0.757. The van der Waals surface area contributed by atoms with Crippen molar-refractivity contribution in [3.8, 4) is 0 Å². The van der Waals surface area contributed by atoms with Gasteiger partial charge in [-0.2, -0.15) is 0 Å². The van der Waals surface area contributed by atoms with E-state index < -0.39 is 9.84 Å². The second kappa shape index (κ2) is 5.91. The van der Waals surface area contributed by atoms with Crippen LogP contribution in [0.3, 0.4) is 0 Å². The normalized spacial score (nSPS) is 24.0. The molecule has 0 saturated carbocycles. The molecule has 1 fully saturated rings. The van der Waals surface area contributed by atoms with E-state index in [1.807, 2.05) is 0 Å². The van der Waals surface area contributed by atoms with E-state index in [-0.39, 0.29) is 5.75 Å². The number of hydrogen-bond acceptors (Lipinski definition) is 4. The van der Waals surface area contributed by atoms with E-state index in [1.54, 1.807) is 11.8 Å². The first-order valence-corrected chi connectivity index (χ1v) is 8.54. The maximum absolute atomic E-state index is 10.9. The van der Waals surface area contributed by atoms with Crippen molar-refractivity contribution < 1.29 is 8.42 Å². The van der Waals surface area contributed by atoms with Gasteiger partial charge in [-0.05, 0) is 12.3 Å². The van der Waals surface area contributed by atoms with Gasteiger partial charge >= 0.3 is 0 Å². The van der Waals surface area contributed by atoms with Gasteiger partial charge in [0.25, 0.3) is 0 Å². The van der Waals surface area contributed by atoms with Crippen molar-refractivity contribution >= 4 is 26.8 Å². The fourth-order valence-corrected chi connectivity index (χ4v) is 3.24. The molecule has 1 aliphatic rings. The lowest BCUT2D eigenvalue weighted by molar-refractivity contribution is 0.503. The molecule has 0 aromatic heterocycles. The molecular weight excluding hydrogens is 244 g/mol. The Bertz CT molecular complexity index is 350. The highest BCUT2D eigenvalue weighted by Crippen LogP contribution is 2.18. The molecule has 1 rings (SSSR count). The average Bonchev–Trinajstić information content (AvgIpc) is 2.59. The third-order valence-corrected chi connectivity index (χ3v) is 4.52. The molecule has 0 aliphatic carbocycles. The first-order chi connectivity index (χ1) is 7.38. The minimum atomic E-state index is -2.84. The Kier molecular flexibility index (Phi) is 5.11. The Morgan fingerprint density at radius 2 is 2.25 bits per heavy atom. The minimum absolute atomic E-state index is 0.224. The first-order valence-electron chi connectivity index (χ1n) is 5.50. The van der Waals surface area contributed by atoms with E-state index in [0.717, 1.165) is 10.9 Å². The second-order valence-corrected chi connectivity index (χ2v) is 7.74. The van der Waals surface area contributed by atoms with Gasteiger partial charge in [-0.1, -0.05) is 25.6 Å². The van der Waals surface area contributed by atoms with Gasteiger partial charge in [0.1, 0.15) is 9.84 Å². The molecule has 1 heterocycles. The molecule has 94 valence electrons. The van der Waals surface area contributed by atoms with Gasteiger partial charge in [-0.25, -0.2) is 8.42 Å². The van der Waals surface area contributed by atoms with Crippen molar-refractivity contribution in [3.63, 3.8) is 0 Å². The molecule has 0 aromatic rings. The van der Waals surface area contributed by atoms with E-state index in [1.165, 1.54) is 6.26 Å². The summed E-state index contributed by atoms with van der Waals surface area (Å²) in [6, 6.07) is 0.499. The number of amidine groups is 1. The smallest absolute Gasteiger partial charge is 0.156 e. The molecule has 1 aliphatic heterocycles. The molecule has 16 heavy (non-hydrogen) atoms. The van der Waals surface area contributed by atoms with Crippen LogP contribution in [-0.2, 0) is 9.84 Å². The van der Waals surface area contributed by atoms with Crippen LogP contribution < -0.4 is 5.32 Å². The van der Waals surface area contributed by atoms with E-state index in [4.69, 9.17) is 0 Å². The molecule has 4 nitrogen and oxygen atoms in total. The van der Waals surface area contributed by atoms with Gasteiger partial charge in [0.05, 0.1) is 5.75 Å². The van der Waals surface area contributed by atoms with Crippen molar-refractivity contribution in [2.45, 2.75) is 26.3 Å². The predicted molar refractivity (Wildman–Crippen MR) is 70.8 cm³/mol. The van der Waals surface area contributed by atoms with Crippen molar-refractivity contribution in [2.24, 2.45) is 10.9 Å². The summed E-state index contributed by atoms with van der Waals surface area (Å²) >= 11 is 1.73. The van der Waals surface area contributed by atoms with E-state index >= 15 is 0 Å². The summed E-state index contributed by atoms with van der Waals surface area (Å²) in [6.07, 6.45) is 1.87. The van der Waals surface area contributed by atoms with Gasteiger partial charge in [0.15, 0.2) is 5.17 Å². The van der Waals surface area contributed by atoms with Gasteiger partial charge in [-0.3, -0.25) is 4.99 Å². The number of aliphatic imine (C=N–C) groups is 1. The molecule has 0 amide bonds. The fraction of sp³-hybridized carbons (Fsp3) is 0.900. The SMILES string of the molecule is CC(C)[C@H]1CSC(=NCCCS(C)(=O)=O)N1. The number of nitrogens with zero attached hydrogens (tertiary/aromatic N) is 1. The molecular formula is C10H20N2O2S2. The van der Waals surface area contributed by atoms with Gasteiger partial charge < -0.3 is 5.32 Å². The molecule has 0 unspecified atom stereocenters. The van der Waals surface area contributed by atoms with E-state index in [2.05, 4.69) is 24.2 Å². The first kappa shape index (κ1) is 13.8. The third-order valence-electron chi connectivity index (χ3n) is 2.44. The number of hydrogen-bond donors (Lipinski definition) is 1. The molecule has 1 atom stereocenters. The highest BCUT2D eigenvalue weighted by molar-refractivity contribution is 8.14. The van der Waals surface area contributed by atoms with Crippen LogP contribution in [0.25, 0.3) is 0 Å². The van der Waals surface area contributed by atoms with Crippen LogP contribution in [0, 0.1) is 5.92 Å². The van der Waals surface area contributed by atoms with Gasteiger partial charge in [0, 0.05) is 24.6 Å². The van der Waals surface area contributed by atoms with Crippen LogP contribution in [0.2, 0.25) is 0 Å². The van der Waals surface area contributed by atoms with Crippen LogP contribution in [-0.4, -0.2) is 43.9 Å². The Morgan fingerprint density at radius 3 is 2.75 bits per heavy atom. The van der Waals surface area contributed by atoms with Gasteiger partial charge in [0.2, 0.25) is 0 Å². The lowest BCUT2D eigenvalue weighted by Crippen LogP contribution is -2.31. The van der Waals surface area contributed by atoms with Crippen LogP contribution in [0.15, 0.2) is 4.99 Å². The second-order valence-electron chi connectivity index (χ2n) is 4.48.